The third kappa shape index (κ3) is 6.59. The van der Waals surface area contributed by atoms with Crippen LogP contribution in [0.4, 0.5) is 10.1 Å². The molecule has 0 bridgehead atoms. The molecule has 1 N–H and O–H groups in total. The number of carboxylic acid groups (broad SMARTS) is 1. The molecular formula is C34H38FNO6S. The number of benzene rings is 3. The Hall–Kier alpha value is -3.40. The lowest BCUT2D eigenvalue weighted by Gasteiger charge is -2.49. The van der Waals surface area contributed by atoms with Gasteiger partial charge < -0.3 is 24.2 Å². The summed E-state index contributed by atoms with van der Waals surface area (Å²) in [4.78, 5) is 27.2. The summed E-state index contributed by atoms with van der Waals surface area (Å²) in [5.41, 5.74) is 1.59. The number of carbonyl (C=O) groups excluding carboxylic acids is 1. The molecular weight excluding hydrogens is 569 g/mol. The molecule has 0 spiro atoms. The molecule has 43 heavy (non-hydrogen) atoms. The number of carboxylic acids is 1. The van der Waals surface area contributed by atoms with Crippen molar-refractivity contribution in [2.24, 2.45) is 10.8 Å². The Kier molecular flexibility index (Phi) is 8.62. The van der Waals surface area contributed by atoms with E-state index in [1.54, 1.807) is 29.2 Å². The molecule has 1 unspecified atom stereocenters. The number of nitrogens with zero attached hydrogens (tertiary/aromatic N) is 1. The lowest BCUT2D eigenvalue weighted by atomic mass is 9.89. The van der Waals surface area contributed by atoms with Crippen LogP contribution in [0.2, 0.25) is 0 Å². The fourth-order valence-corrected chi connectivity index (χ4v) is 6.70. The molecule has 2 fully saturated rings. The summed E-state index contributed by atoms with van der Waals surface area (Å²) >= 11 is 1.47. The van der Waals surface area contributed by atoms with E-state index in [0.29, 0.717) is 30.4 Å². The Labute approximate surface area is 256 Å². The van der Waals surface area contributed by atoms with Gasteiger partial charge in [-0.05, 0) is 42.0 Å². The molecule has 2 heterocycles. The fourth-order valence-electron chi connectivity index (χ4n) is 5.25. The first kappa shape index (κ1) is 31.0. The number of aliphatic carboxylic acids is 1. The van der Waals surface area contributed by atoms with Crippen LogP contribution in [0, 0.1) is 16.6 Å². The Morgan fingerprint density at radius 3 is 2.19 bits per heavy atom. The topological polar surface area (TPSA) is 85.3 Å². The maximum Gasteiger partial charge on any atom is 0.345 e. The van der Waals surface area contributed by atoms with Crippen LogP contribution < -0.4 is 9.64 Å². The number of thioether (sulfide) groups is 1. The van der Waals surface area contributed by atoms with Gasteiger partial charge in [0.25, 0.3) is 0 Å². The number of halogens is 1. The number of amides is 1. The van der Waals surface area contributed by atoms with Crippen LogP contribution in [-0.4, -0.2) is 47.3 Å². The van der Waals surface area contributed by atoms with Gasteiger partial charge in [-0.25, -0.2) is 9.18 Å². The first-order chi connectivity index (χ1) is 20.3. The van der Waals surface area contributed by atoms with Gasteiger partial charge >= 0.3 is 5.97 Å². The minimum absolute atomic E-state index is 0.0973. The van der Waals surface area contributed by atoms with E-state index in [-0.39, 0.29) is 23.2 Å². The van der Waals surface area contributed by atoms with E-state index < -0.39 is 28.5 Å². The van der Waals surface area contributed by atoms with Crippen LogP contribution in [0.3, 0.4) is 0 Å². The van der Waals surface area contributed by atoms with E-state index in [9.17, 15) is 19.1 Å². The third-order valence-corrected chi connectivity index (χ3v) is 9.06. The molecule has 2 aliphatic heterocycles. The van der Waals surface area contributed by atoms with Crippen molar-refractivity contribution < 1.29 is 33.3 Å². The number of ether oxygens (including phenoxy) is 3. The van der Waals surface area contributed by atoms with Gasteiger partial charge in [0.2, 0.25) is 11.7 Å². The Balaban J connectivity index is 1.42. The van der Waals surface area contributed by atoms with Gasteiger partial charge in [0.05, 0.1) is 25.0 Å². The van der Waals surface area contributed by atoms with Crippen LogP contribution in [-0.2, 0) is 24.8 Å². The van der Waals surface area contributed by atoms with Gasteiger partial charge in [-0.1, -0.05) is 77.1 Å². The molecule has 7 nitrogen and oxygen atoms in total. The van der Waals surface area contributed by atoms with Crippen molar-refractivity contribution in [3.63, 3.8) is 0 Å². The number of rotatable bonds is 9. The molecule has 0 radical (unpaired) electrons. The Morgan fingerprint density at radius 2 is 1.63 bits per heavy atom. The average molecular weight is 608 g/mol. The molecule has 2 aliphatic rings. The van der Waals surface area contributed by atoms with Crippen molar-refractivity contribution in [3.05, 3.63) is 95.8 Å². The first-order valence-corrected chi connectivity index (χ1v) is 15.4. The molecule has 0 aromatic heterocycles. The lowest BCUT2D eigenvalue weighted by molar-refractivity contribution is -0.295. The summed E-state index contributed by atoms with van der Waals surface area (Å²) in [6.45, 7) is 10.6. The minimum Gasteiger partial charge on any atom is -0.478 e. The predicted molar refractivity (Wildman–Crippen MR) is 165 cm³/mol. The second-order valence-corrected chi connectivity index (χ2v) is 14.1. The summed E-state index contributed by atoms with van der Waals surface area (Å²) in [7, 11) is 0. The number of β-lactam (4-membered cyclic amide) rings is 1. The molecule has 0 saturated carbocycles. The standard InChI is InChI=1S/C34H38FNO6S/c1-32(2,3)29(31(38)39)42-26-17-11-22(12-18-26)27-28(30(37)36(27)25-15-13-24(35)14-16-25)43-21-34(23-9-7-6-8-10-23)40-19-33(4,5)20-41-34/h6-18,27-29H,19-21H2,1-5H3,(H,38,39)/t27-,28-,29?/m1/s1. The van der Waals surface area contributed by atoms with Gasteiger partial charge in [-0.15, -0.1) is 11.8 Å². The summed E-state index contributed by atoms with van der Waals surface area (Å²) in [6.07, 6.45) is -1.03. The van der Waals surface area contributed by atoms with Crippen molar-refractivity contribution in [1.29, 1.82) is 0 Å². The van der Waals surface area contributed by atoms with Crippen LogP contribution in [0.15, 0.2) is 78.9 Å². The van der Waals surface area contributed by atoms with Gasteiger partial charge in [-0.2, -0.15) is 0 Å². The van der Waals surface area contributed by atoms with Crippen LogP contribution in [0.25, 0.3) is 0 Å². The highest BCUT2D eigenvalue weighted by molar-refractivity contribution is 8.00. The highest BCUT2D eigenvalue weighted by atomic mass is 32.2. The number of hydrogen-bond acceptors (Lipinski definition) is 6. The lowest BCUT2D eigenvalue weighted by Crippen LogP contribution is -2.58. The fraction of sp³-hybridized carbons (Fsp3) is 0.412. The van der Waals surface area contributed by atoms with E-state index in [1.807, 2.05) is 63.2 Å². The zero-order chi connectivity index (χ0) is 31.0. The third-order valence-electron chi connectivity index (χ3n) is 7.70. The average Bonchev–Trinajstić information content (AvgIpc) is 2.96. The van der Waals surface area contributed by atoms with Crippen molar-refractivity contribution in [3.8, 4) is 5.75 Å². The molecule has 3 aromatic carbocycles. The summed E-state index contributed by atoms with van der Waals surface area (Å²) in [6, 6.07) is 22.4. The van der Waals surface area contributed by atoms with E-state index in [0.717, 1.165) is 11.1 Å². The number of carbonyl (C=O) groups is 2. The first-order valence-electron chi connectivity index (χ1n) is 14.3. The zero-order valence-electron chi connectivity index (χ0n) is 25.1. The van der Waals surface area contributed by atoms with Crippen molar-refractivity contribution in [2.45, 2.75) is 57.8 Å². The predicted octanol–water partition coefficient (Wildman–Crippen LogP) is 6.82. The van der Waals surface area contributed by atoms with Crippen molar-refractivity contribution >= 4 is 29.3 Å². The SMILES string of the molecule is CC1(C)COC(CS[C@H]2C(=O)N(c3ccc(F)cc3)[C@@H]2c2ccc(OC(C(=O)O)C(C)(C)C)cc2)(c2ccccc2)OC1. The molecule has 228 valence electrons. The van der Waals surface area contributed by atoms with E-state index >= 15 is 0 Å². The number of anilines is 1. The van der Waals surface area contributed by atoms with Crippen LogP contribution in [0.5, 0.6) is 5.75 Å². The maximum absolute atomic E-state index is 13.7. The molecule has 9 heteroatoms. The van der Waals surface area contributed by atoms with Crippen LogP contribution >= 0.6 is 11.8 Å². The largest absolute Gasteiger partial charge is 0.478 e. The van der Waals surface area contributed by atoms with Gasteiger partial charge in [-0.3, -0.25) is 4.79 Å². The minimum atomic E-state index is -1.04. The second-order valence-electron chi connectivity index (χ2n) is 13.0. The van der Waals surface area contributed by atoms with Crippen molar-refractivity contribution in [1.82, 2.24) is 0 Å². The molecule has 3 aromatic rings. The monoisotopic (exact) mass is 607 g/mol. The van der Waals surface area contributed by atoms with Crippen molar-refractivity contribution in [2.75, 3.05) is 23.9 Å². The quantitative estimate of drug-likeness (QED) is 0.267. The summed E-state index contributed by atoms with van der Waals surface area (Å²) in [5, 5.41) is 9.23. The van der Waals surface area contributed by atoms with Crippen LogP contribution in [0.1, 0.15) is 51.8 Å². The normalized spacial score (nSPS) is 22.0. The van der Waals surface area contributed by atoms with Gasteiger partial charge in [0.15, 0.2) is 6.10 Å². The number of hydrogen-bond donors (Lipinski definition) is 1. The highest BCUT2D eigenvalue weighted by Gasteiger charge is 2.51. The molecule has 2 saturated heterocycles. The zero-order valence-corrected chi connectivity index (χ0v) is 25.9. The molecule has 1 amide bonds. The highest BCUT2D eigenvalue weighted by Crippen LogP contribution is 2.48. The Morgan fingerprint density at radius 1 is 1.02 bits per heavy atom. The molecule has 5 rings (SSSR count). The molecule has 3 atom stereocenters. The summed E-state index contributed by atoms with van der Waals surface area (Å²) in [5.74, 6) is -1.71. The Bertz CT molecular complexity index is 1430. The maximum atomic E-state index is 13.7. The second kappa shape index (κ2) is 11.9. The van der Waals surface area contributed by atoms with E-state index in [4.69, 9.17) is 14.2 Å². The van der Waals surface area contributed by atoms with E-state index in [2.05, 4.69) is 13.8 Å². The van der Waals surface area contributed by atoms with Gasteiger partial charge in [0, 0.05) is 22.1 Å². The molecule has 0 aliphatic carbocycles. The smallest absolute Gasteiger partial charge is 0.345 e. The van der Waals surface area contributed by atoms with Gasteiger partial charge in [0.1, 0.15) is 16.8 Å². The summed E-state index contributed by atoms with van der Waals surface area (Å²) < 4.78 is 32.4. The van der Waals surface area contributed by atoms with E-state index in [1.165, 1.54) is 23.9 Å².